The average Bonchev–Trinajstić information content (AvgIpc) is 2.99. The van der Waals surface area contributed by atoms with Crippen LogP contribution in [0.5, 0.6) is 0 Å². The van der Waals surface area contributed by atoms with Gasteiger partial charge in [0.25, 0.3) is 0 Å². The molecule has 1 aliphatic rings. The molecule has 0 saturated heterocycles. The third-order valence-electron chi connectivity index (χ3n) is 3.82. The highest BCUT2D eigenvalue weighted by Crippen LogP contribution is 2.37. The number of anilines is 1. The summed E-state index contributed by atoms with van der Waals surface area (Å²) in [4.78, 5) is 13.8. The van der Waals surface area contributed by atoms with Crippen molar-refractivity contribution in [3.63, 3.8) is 0 Å². The first-order valence-corrected chi connectivity index (χ1v) is 9.78. The molecule has 1 amide bonds. The Morgan fingerprint density at radius 3 is 2.62 bits per heavy atom. The van der Waals surface area contributed by atoms with E-state index in [4.69, 9.17) is 0 Å². The van der Waals surface area contributed by atoms with Crippen LogP contribution >= 0.6 is 11.8 Å². The van der Waals surface area contributed by atoms with E-state index in [1.54, 1.807) is 12.1 Å². The molecule has 0 aromatic heterocycles. The van der Waals surface area contributed by atoms with E-state index in [1.165, 1.54) is 43.6 Å². The zero-order valence-electron chi connectivity index (χ0n) is 13.4. The number of hydrogen-bond donors (Lipinski definition) is 1. The van der Waals surface area contributed by atoms with E-state index >= 15 is 0 Å². The number of rotatable bonds is 4. The highest BCUT2D eigenvalue weighted by Gasteiger charge is 2.28. The molecule has 24 heavy (non-hydrogen) atoms. The summed E-state index contributed by atoms with van der Waals surface area (Å²) in [7, 11) is -0.563. The summed E-state index contributed by atoms with van der Waals surface area (Å²) < 4.78 is 25.5. The van der Waals surface area contributed by atoms with Gasteiger partial charge in [-0.15, -0.1) is 11.8 Å². The number of carbonyl (C=O) groups excluding carboxylic acids is 1. The van der Waals surface area contributed by atoms with Crippen LogP contribution < -0.4 is 5.32 Å². The van der Waals surface area contributed by atoms with E-state index in [2.05, 4.69) is 5.32 Å². The topological polar surface area (TPSA) is 66.5 Å². The van der Waals surface area contributed by atoms with Gasteiger partial charge in [-0.3, -0.25) is 4.79 Å². The molecule has 1 N–H and O–H groups in total. The average molecular weight is 362 g/mol. The van der Waals surface area contributed by atoms with Crippen molar-refractivity contribution in [2.24, 2.45) is 0 Å². The Morgan fingerprint density at radius 1 is 1.17 bits per heavy atom. The lowest BCUT2D eigenvalue weighted by molar-refractivity contribution is -0.115. The number of amides is 1. The summed E-state index contributed by atoms with van der Waals surface area (Å²) in [6, 6.07) is 14.3. The number of fused-ring (bicyclic) bond motifs is 1. The van der Waals surface area contributed by atoms with Gasteiger partial charge in [-0.25, -0.2) is 12.7 Å². The predicted molar refractivity (Wildman–Crippen MR) is 95.7 cm³/mol. The Balaban J connectivity index is 1.75. The smallest absolute Gasteiger partial charge is 0.242 e. The summed E-state index contributed by atoms with van der Waals surface area (Å²) in [6.45, 7) is 0. The zero-order chi connectivity index (χ0) is 17.3. The van der Waals surface area contributed by atoms with Crippen LogP contribution in [0.15, 0.2) is 58.3 Å². The molecule has 3 rings (SSSR count). The van der Waals surface area contributed by atoms with Crippen molar-refractivity contribution >= 4 is 33.4 Å². The highest BCUT2D eigenvalue weighted by atomic mass is 32.2. The molecule has 7 heteroatoms. The number of carbonyl (C=O) groups is 1. The molecule has 126 valence electrons. The molecule has 1 aliphatic heterocycles. The second-order valence-electron chi connectivity index (χ2n) is 5.72. The molecule has 2 aromatic carbocycles. The largest absolute Gasteiger partial charge is 0.325 e. The molecule has 0 bridgehead atoms. The van der Waals surface area contributed by atoms with Gasteiger partial charge in [0.05, 0.1) is 10.1 Å². The van der Waals surface area contributed by atoms with Crippen molar-refractivity contribution in [1.82, 2.24) is 4.31 Å². The molecular weight excluding hydrogens is 344 g/mol. The maximum Gasteiger partial charge on any atom is 0.242 e. The summed E-state index contributed by atoms with van der Waals surface area (Å²) in [5.41, 5.74) is 1.66. The van der Waals surface area contributed by atoms with Crippen molar-refractivity contribution in [2.45, 2.75) is 21.5 Å². The van der Waals surface area contributed by atoms with Gasteiger partial charge in [0.1, 0.15) is 0 Å². The van der Waals surface area contributed by atoms with Crippen molar-refractivity contribution < 1.29 is 13.2 Å². The Labute approximate surface area is 146 Å². The number of nitrogens with one attached hydrogen (secondary N) is 1. The van der Waals surface area contributed by atoms with E-state index in [9.17, 15) is 13.2 Å². The maximum atomic E-state index is 12.5. The number of benzene rings is 2. The Kier molecular flexibility index (Phi) is 4.67. The Morgan fingerprint density at radius 2 is 1.92 bits per heavy atom. The van der Waals surface area contributed by atoms with Crippen LogP contribution in [0.25, 0.3) is 0 Å². The first kappa shape index (κ1) is 17.0. The molecule has 0 radical (unpaired) electrons. The first-order valence-electron chi connectivity index (χ1n) is 7.46. The molecule has 0 saturated carbocycles. The van der Waals surface area contributed by atoms with Crippen LogP contribution in [0, 0.1) is 0 Å². The van der Waals surface area contributed by atoms with Crippen LogP contribution in [-0.2, 0) is 21.2 Å². The molecule has 5 nitrogen and oxygen atoms in total. The monoisotopic (exact) mass is 362 g/mol. The molecule has 2 aromatic rings. The highest BCUT2D eigenvalue weighted by molar-refractivity contribution is 8.01. The molecule has 0 aliphatic carbocycles. The molecule has 1 atom stereocenters. The molecule has 0 unspecified atom stereocenters. The van der Waals surface area contributed by atoms with E-state index in [0.717, 1.165) is 9.20 Å². The van der Waals surface area contributed by atoms with Crippen molar-refractivity contribution in [1.29, 1.82) is 0 Å². The standard InChI is InChI=1S/C17H18N2O3S2/c1-19(2)24(21,22)14-8-5-7-13(11-14)18-17(20)16-10-12-6-3-4-9-15(12)23-16/h3-9,11,16H,10H2,1-2H3,(H,18,20)/t16-/m1/s1. The van der Waals surface area contributed by atoms with Crippen LogP contribution in [0.2, 0.25) is 0 Å². The fourth-order valence-electron chi connectivity index (χ4n) is 2.50. The lowest BCUT2D eigenvalue weighted by Gasteiger charge is -2.14. The predicted octanol–water partition coefficient (Wildman–Crippen LogP) is 2.59. The van der Waals surface area contributed by atoms with Gasteiger partial charge in [0.2, 0.25) is 15.9 Å². The van der Waals surface area contributed by atoms with Crippen LogP contribution in [0.3, 0.4) is 0 Å². The van der Waals surface area contributed by atoms with Gasteiger partial charge >= 0.3 is 0 Å². The minimum Gasteiger partial charge on any atom is -0.325 e. The molecular formula is C17H18N2O3S2. The molecule has 0 spiro atoms. The van der Waals surface area contributed by atoms with Gasteiger partial charge in [-0.2, -0.15) is 0 Å². The summed E-state index contributed by atoms with van der Waals surface area (Å²) >= 11 is 1.54. The van der Waals surface area contributed by atoms with Crippen molar-refractivity contribution in [2.75, 3.05) is 19.4 Å². The van der Waals surface area contributed by atoms with Gasteiger partial charge in [-0.1, -0.05) is 24.3 Å². The van der Waals surface area contributed by atoms with E-state index in [1.807, 2.05) is 24.3 Å². The summed E-state index contributed by atoms with van der Waals surface area (Å²) in [5, 5.41) is 2.63. The summed E-state index contributed by atoms with van der Waals surface area (Å²) in [6.07, 6.45) is 0.683. The third kappa shape index (κ3) is 3.33. The Bertz CT molecular complexity index is 854. The number of nitrogens with zero attached hydrogens (tertiary/aromatic N) is 1. The second kappa shape index (κ2) is 6.58. The lowest BCUT2D eigenvalue weighted by Crippen LogP contribution is -2.25. The number of thioether (sulfide) groups is 1. The van der Waals surface area contributed by atoms with Gasteiger partial charge < -0.3 is 5.32 Å². The summed E-state index contributed by atoms with van der Waals surface area (Å²) in [5.74, 6) is -0.115. The quantitative estimate of drug-likeness (QED) is 0.908. The minimum absolute atomic E-state index is 0.115. The SMILES string of the molecule is CN(C)S(=O)(=O)c1cccc(NC(=O)[C@H]2Cc3ccccc3S2)c1. The fourth-order valence-corrected chi connectivity index (χ4v) is 4.64. The minimum atomic E-state index is -3.52. The van der Waals surface area contributed by atoms with Gasteiger partial charge in [-0.05, 0) is 36.2 Å². The van der Waals surface area contributed by atoms with E-state index in [0.29, 0.717) is 12.1 Å². The van der Waals surface area contributed by atoms with Crippen molar-refractivity contribution in [3.05, 3.63) is 54.1 Å². The first-order chi connectivity index (χ1) is 11.4. The third-order valence-corrected chi connectivity index (χ3v) is 6.95. The maximum absolute atomic E-state index is 12.5. The van der Waals surface area contributed by atoms with Crippen LogP contribution in [-0.4, -0.2) is 38.0 Å². The normalized spacial score (nSPS) is 16.9. The zero-order valence-corrected chi connectivity index (χ0v) is 15.0. The fraction of sp³-hybridized carbons (Fsp3) is 0.235. The lowest BCUT2D eigenvalue weighted by atomic mass is 10.1. The van der Waals surface area contributed by atoms with E-state index in [-0.39, 0.29) is 16.1 Å². The van der Waals surface area contributed by atoms with Crippen LogP contribution in [0.1, 0.15) is 5.56 Å². The van der Waals surface area contributed by atoms with E-state index < -0.39 is 10.0 Å². The number of hydrogen-bond acceptors (Lipinski definition) is 4. The van der Waals surface area contributed by atoms with Crippen molar-refractivity contribution in [3.8, 4) is 0 Å². The molecule has 1 heterocycles. The number of sulfonamides is 1. The van der Waals surface area contributed by atoms with Crippen LogP contribution in [0.4, 0.5) is 5.69 Å². The molecule has 0 fully saturated rings. The van der Waals surface area contributed by atoms with Gasteiger partial charge in [0.15, 0.2) is 0 Å². The van der Waals surface area contributed by atoms with Gasteiger partial charge in [0, 0.05) is 24.7 Å². The second-order valence-corrected chi connectivity index (χ2v) is 9.12. The Hall–Kier alpha value is -1.83.